The molecule has 0 saturated carbocycles. The average Bonchev–Trinajstić information content (AvgIpc) is 2.47. The van der Waals surface area contributed by atoms with Crippen LogP contribution in [0, 0.1) is 0 Å². The second-order valence-corrected chi connectivity index (χ2v) is 5.92. The number of nitrogens with zero attached hydrogens (tertiary/aromatic N) is 1. The average molecular weight is 369 g/mol. The highest BCUT2D eigenvalue weighted by Crippen LogP contribution is 2.25. The number of hydrogen-bond donors (Lipinski definition) is 0. The van der Waals surface area contributed by atoms with Gasteiger partial charge in [0.1, 0.15) is 5.75 Å². The number of hydrogen-bond acceptors (Lipinski definition) is 2. The molecule has 2 aromatic rings. The van der Waals surface area contributed by atoms with Crippen LogP contribution in [-0.4, -0.2) is 25.0 Å². The van der Waals surface area contributed by atoms with Gasteiger partial charge in [-0.1, -0.05) is 39.7 Å². The maximum Gasteiger partial charge on any atom is 0.255 e. The Morgan fingerprint density at radius 3 is 2.67 bits per heavy atom. The summed E-state index contributed by atoms with van der Waals surface area (Å²) in [6, 6.07) is 12.7. The Bertz CT molecular complexity index is 660. The van der Waals surface area contributed by atoms with Crippen LogP contribution in [0.4, 0.5) is 0 Å². The minimum atomic E-state index is -0.123. The van der Waals surface area contributed by atoms with Crippen molar-refractivity contribution in [3.05, 3.63) is 63.1 Å². The molecule has 0 saturated heterocycles. The van der Waals surface area contributed by atoms with Gasteiger partial charge in [-0.2, -0.15) is 0 Å². The maximum absolute atomic E-state index is 12.4. The smallest absolute Gasteiger partial charge is 0.255 e. The first-order chi connectivity index (χ1) is 10.0. The standard InChI is InChI=1S/C16H15BrClNO2/c1-19(16(20)13-5-3-4-6-14(13)18)10-11-9-12(17)7-8-15(11)21-2/h3-9H,10H2,1-2H3. The summed E-state index contributed by atoms with van der Waals surface area (Å²) in [6.45, 7) is 0.437. The largest absolute Gasteiger partial charge is 0.496 e. The van der Waals surface area contributed by atoms with Crippen LogP contribution in [0.15, 0.2) is 46.9 Å². The van der Waals surface area contributed by atoms with E-state index in [9.17, 15) is 4.79 Å². The van der Waals surface area contributed by atoms with E-state index < -0.39 is 0 Å². The van der Waals surface area contributed by atoms with E-state index in [-0.39, 0.29) is 5.91 Å². The van der Waals surface area contributed by atoms with E-state index in [4.69, 9.17) is 16.3 Å². The van der Waals surface area contributed by atoms with Gasteiger partial charge in [-0.3, -0.25) is 4.79 Å². The number of rotatable bonds is 4. The summed E-state index contributed by atoms with van der Waals surface area (Å²) in [5.74, 6) is 0.625. The number of ether oxygens (including phenoxy) is 1. The monoisotopic (exact) mass is 367 g/mol. The van der Waals surface area contributed by atoms with Crippen molar-refractivity contribution in [3.8, 4) is 5.75 Å². The van der Waals surface area contributed by atoms with Gasteiger partial charge in [-0.25, -0.2) is 0 Å². The first kappa shape index (κ1) is 15.9. The lowest BCUT2D eigenvalue weighted by Gasteiger charge is -2.19. The fraction of sp³-hybridized carbons (Fsp3) is 0.188. The van der Waals surface area contributed by atoms with Crippen molar-refractivity contribution in [3.63, 3.8) is 0 Å². The van der Waals surface area contributed by atoms with Gasteiger partial charge in [0.05, 0.1) is 17.7 Å². The predicted octanol–water partition coefficient (Wildman–Crippen LogP) is 4.38. The molecule has 1 amide bonds. The summed E-state index contributed by atoms with van der Waals surface area (Å²) in [6.07, 6.45) is 0. The zero-order valence-corrected chi connectivity index (χ0v) is 14.1. The molecule has 0 atom stereocenters. The van der Waals surface area contributed by atoms with E-state index in [0.29, 0.717) is 17.1 Å². The van der Waals surface area contributed by atoms with Gasteiger partial charge < -0.3 is 9.64 Å². The Morgan fingerprint density at radius 1 is 1.29 bits per heavy atom. The summed E-state index contributed by atoms with van der Waals surface area (Å²) in [4.78, 5) is 14.1. The molecule has 3 nitrogen and oxygen atoms in total. The van der Waals surface area contributed by atoms with E-state index in [0.717, 1.165) is 15.8 Å². The topological polar surface area (TPSA) is 29.5 Å². The van der Waals surface area contributed by atoms with Crippen LogP contribution in [0.25, 0.3) is 0 Å². The molecule has 0 aromatic heterocycles. The minimum absolute atomic E-state index is 0.123. The van der Waals surface area contributed by atoms with Crippen molar-refractivity contribution < 1.29 is 9.53 Å². The lowest BCUT2D eigenvalue weighted by atomic mass is 10.1. The molecule has 0 heterocycles. The zero-order chi connectivity index (χ0) is 15.4. The molecule has 110 valence electrons. The molecule has 2 aromatic carbocycles. The van der Waals surface area contributed by atoms with Crippen molar-refractivity contribution in [2.75, 3.05) is 14.2 Å². The SMILES string of the molecule is COc1ccc(Br)cc1CN(C)C(=O)c1ccccc1Cl. The second kappa shape index (κ2) is 6.96. The van der Waals surface area contributed by atoms with Crippen molar-refractivity contribution in [1.82, 2.24) is 4.90 Å². The molecule has 0 aliphatic rings. The summed E-state index contributed by atoms with van der Waals surface area (Å²) < 4.78 is 6.27. The summed E-state index contributed by atoms with van der Waals surface area (Å²) in [5, 5.41) is 0.454. The molecule has 0 aliphatic heterocycles. The molecule has 0 N–H and O–H groups in total. The van der Waals surface area contributed by atoms with E-state index in [1.54, 1.807) is 43.3 Å². The third-order valence-corrected chi connectivity index (χ3v) is 3.92. The Kier molecular flexibility index (Phi) is 5.26. The highest BCUT2D eigenvalue weighted by Gasteiger charge is 2.16. The minimum Gasteiger partial charge on any atom is -0.496 e. The van der Waals surface area contributed by atoms with Crippen LogP contribution in [0.1, 0.15) is 15.9 Å². The van der Waals surface area contributed by atoms with Gasteiger partial charge >= 0.3 is 0 Å². The Morgan fingerprint density at radius 2 is 2.00 bits per heavy atom. The number of amides is 1. The lowest BCUT2D eigenvalue weighted by Crippen LogP contribution is -2.26. The molecule has 0 fully saturated rings. The molecular formula is C16H15BrClNO2. The molecule has 5 heteroatoms. The van der Waals surface area contributed by atoms with Crippen LogP contribution in [0.5, 0.6) is 5.75 Å². The van der Waals surface area contributed by atoms with Crippen LogP contribution in [0.2, 0.25) is 5.02 Å². The number of benzene rings is 2. The van der Waals surface area contributed by atoms with Crippen molar-refractivity contribution in [2.45, 2.75) is 6.54 Å². The van der Waals surface area contributed by atoms with Gasteiger partial charge in [0.15, 0.2) is 0 Å². The van der Waals surface area contributed by atoms with Crippen LogP contribution in [-0.2, 0) is 6.54 Å². The highest BCUT2D eigenvalue weighted by atomic mass is 79.9. The van der Waals surface area contributed by atoms with Crippen molar-refractivity contribution in [1.29, 1.82) is 0 Å². The predicted molar refractivity (Wildman–Crippen MR) is 87.9 cm³/mol. The van der Waals surface area contributed by atoms with Crippen LogP contribution >= 0.6 is 27.5 Å². The molecule has 2 rings (SSSR count). The van der Waals surface area contributed by atoms with E-state index in [2.05, 4.69) is 15.9 Å². The quantitative estimate of drug-likeness (QED) is 0.801. The first-order valence-electron chi connectivity index (χ1n) is 6.35. The number of carbonyl (C=O) groups excluding carboxylic acids is 1. The molecule has 0 unspecified atom stereocenters. The molecule has 0 aliphatic carbocycles. The molecule has 0 spiro atoms. The molecule has 0 radical (unpaired) electrons. The number of methoxy groups -OCH3 is 1. The maximum atomic E-state index is 12.4. The van der Waals surface area contributed by atoms with E-state index >= 15 is 0 Å². The fourth-order valence-electron chi connectivity index (χ4n) is 2.04. The summed E-state index contributed by atoms with van der Waals surface area (Å²) in [5.41, 5.74) is 1.42. The normalized spacial score (nSPS) is 10.3. The number of carbonyl (C=O) groups is 1. The fourth-order valence-corrected chi connectivity index (χ4v) is 2.66. The lowest BCUT2D eigenvalue weighted by molar-refractivity contribution is 0.0784. The first-order valence-corrected chi connectivity index (χ1v) is 7.52. The molecular weight excluding hydrogens is 354 g/mol. The third kappa shape index (κ3) is 3.77. The van der Waals surface area contributed by atoms with Gasteiger partial charge in [-0.05, 0) is 30.3 Å². The summed E-state index contributed by atoms with van der Waals surface area (Å²) in [7, 11) is 3.36. The molecule has 21 heavy (non-hydrogen) atoms. The Hall–Kier alpha value is -1.52. The summed E-state index contributed by atoms with van der Waals surface area (Å²) >= 11 is 9.50. The molecule has 0 bridgehead atoms. The van der Waals surface area contributed by atoms with Gasteiger partial charge in [0.25, 0.3) is 5.91 Å². The van der Waals surface area contributed by atoms with Crippen molar-refractivity contribution in [2.24, 2.45) is 0 Å². The van der Waals surface area contributed by atoms with E-state index in [1.807, 2.05) is 18.2 Å². The van der Waals surface area contributed by atoms with Crippen molar-refractivity contribution >= 4 is 33.4 Å². The van der Waals surface area contributed by atoms with Gasteiger partial charge in [0, 0.05) is 23.6 Å². The number of halogens is 2. The second-order valence-electron chi connectivity index (χ2n) is 4.60. The van der Waals surface area contributed by atoms with Gasteiger partial charge in [0.2, 0.25) is 0 Å². The Balaban J connectivity index is 2.22. The Labute approximate surface area is 137 Å². The zero-order valence-electron chi connectivity index (χ0n) is 11.8. The van der Waals surface area contributed by atoms with E-state index in [1.165, 1.54) is 0 Å². The highest BCUT2D eigenvalue weighted by molar-refractivity contribution is 9.10. The van der Waals surface area contributed by atoms with Crippen LogP contribution in [0.3, 0.4) is 0 Å². The van der Waals surface area contributed by atoms with Crippen LogP contribution < -0.4 is 4.74 Å². The van der Waals surface area contributed by atoms with Gasteiger partial charge in [-0.15, -0.1) is 0 Å². The third-order valence-electron chi connectivity index (χ3n) is 3.10.